The summed E-state index contributed by atoms with van der Waals surface area (Å²) in [6, 6.07) is 5.50. The van der Waals surface area contributed by atoms with Crippen molar-refractivity contribution in [3.63, 3.8) is 0 Å². The van der Waals surface area contributed by atoms with E-state index < -0.39 is 0 Å². The molecule has 0 aliphatic carbocycles. The largest absolute Gasteiger partial charge is 0.464 e. The van der Waals surface area contributed by atoms with Crippen LogP contribution in [0.15, 0.2) is 30.6 Å². The van der Waals surface area contributed by atoms with Crippen molar-refractivity contribution in [1.29, 1.82) is 0 Å². The minimum atomic E-state index is -0.369. The van der Waals surface area contributed by atoms with Gasteiger partial charge in [-0.3, -0.25) is 4.98 Å². The molecule has 0 saturated carbocycles. The van der Waals surface area contributed by atoms with Gasteiger partial charge in [0.2, 0.25) is 0 Å². The summed E-state index contributed by atoms with van der Waals surface area (Å²) in [5.74, 6) is -0.369. The number of hydrogen-bond donors (Lipinski definition) is 2. The van der Waals surface area contributed by atoms with Crippen LogP contribution < -0.4 is 10.2 Å². The van der Waals surface area contributed by atoms with Gasteiger partial charge in [-0.1, -0.05) is 0 Å². The Bertz CT molecular complexity index is 592. The second kappa shape index (κ2) is 6.10. The van der Waals surface area contributed by atoms with Gasteiger partial charge in [-0.2, -0.15) is 0 Å². The van der Waals surface area contributed by atoms with Crippen LogP contribution in [0.1, 0.15) is 16.2 Å². The molecule has 6 heteroatoms. The van der Waals surface area contributed by atoms with Gasteiger partial charge in [0.15, 0.2) is 0 Å². The summed E-state index contributed by atoms with van der Waals surface area (Å²) in [7, 11) is 5.31. The number of hydrogen-bond acceptors (Lipinski definition) is 5. The average molecular weight is 274 g/mol. The zero-order valence-corrected chi connectivity index (χ0v) is 11.8. The monoisotopic (exact) mass is 274 g/mol. The predicted molar refractivity (Wildman–Crippen MR) is 78.0 cm³/mol. The number of carbonyl (C=O) groups excluding carboxylic acids is 1. The van der Waals surface area contributed by atoms with Gasteiger partial charge in [-0.15, -0.1) is 0 Å². The lowest BCUT2D eigenvalue weighted by molar-refractivity contribution is 0.0594. The molecule has 2 aromatic heterocycles. The van der Waals surface area contributed by atoms with Crippen LogP contribution in [0.2, 0.25) is 0 Å². The van der Waals surface area contributed by atoms with Gasteiger partial charge in [-0.05, 0) is 18.2 Å². The van der Waals surface area contributed by atoms with E-state index in [4.69, 9.17) is 0 Å². The Kier molecular flexibility index (Phi) is 4.24. The van der Waals surface area contributed by atoms with E-state index in [1.807, 2.05) is 31.1 Å². The fourth-order valence-electron chi connectivity index (χ4n) is 1.88. The zero-order chi connectivity index (χ0) is 14.5. The molecule has 0 saturated heterocycles. The molecule has 106 valence electrons. The highest BCUT2D eigenvalue weighted by Gasteiger charge is 2.08. The Morgan fingerprint density at radius 2 is 2.20 bits per heavy atom. The molecule has 0 aromatic carbocycles. The number of esters is 1. The molecule has 2 aromatic rings. The summed E-state index contributed by atoms with van der Waals surface area (Å²) >= 11 is 0. The number of ether oxygens (including phenoxy) is 1. The molecule has 0 radical (unpaired) electrons. The highest BCUT2D eigenvalue weighted by atomic mass is 16.5. The first-order chi connectivity index (χ1) is 9.61. The fourth-order valence-corrected chi connectivity index (χ4v) is 1.88. The SMILES string of the molecule is COC(=O)c1ccc(CNc2cnccc2N(C)C)[nH]1. The lowest BCUT2D eigenvalue weighted by Crippen LogP contribution is -2.12. The highest BCUT2D eigenvalue weighted by molar-refractivity contribution is 5.87. The normalized spacial score (nSPS) is 10.2. The van der Waals surface area contributed by atoms with E-state index in [1.165, 1.54) is 7.11 Å². The third-order valence-electron chi connectivity index (χ3n) is 2.90. The zero-order valence-electron chi connectivity index (χ0n) is 11.8. The predicted octanol–water partition coefficient (Wildman–Crippen LogP) is 1.87. The molecule has 0 amide bonds. The Labute approximate surface area is 117 Å². The van der Waals surface area contributed by atoms with Crippen LogP contribution >= 0.6 is 0 Å². The highest BCUT2D eigenvalue weighted by Crippen LogP contribution is 2.22. The number of H-pyrrole nitrogens is 1. The molecule has 2 heterocycles. The first-order valence-corrected chi connectivity index (χ1v) is 6.23. The van der Waals surface area contributed by atoms with Gasteiger partial charge in [0.05, 0.1) is 31.2 Å². The van der Waals surface area contributed by atoms with E-state index >= 15 is 0 Å². The van der Waals surface area contributed by atoms with Crippen LogP contribution in [-0.4, -0.2) is 37.1 Å². The summed E-state index contributed by atoms with van der Waals surface area (Å²) in [5.41, 5.74) is 3.34. The molecule has 0 fully saturated rings. The van der Waals surface area contributed by atoms with E-state index in [0.29, 0.717) is 12.2 Å². The van der Waals surface area contributed by atoms with E-state index in [-0.39, 0.29) is 5.97 Å². The van der Waals surface area contributed by atoms with E-state index in [1.54, 1.807) is 18.5 Å². The molecule has 2 rings (SSSR count). The molecule has 0 bridgehead atoms. The second-order valence-corrected chi connectivity index (χ2v) is 4.53. The van der Waals surface area contributed by atoms with Crippen molar-refractivity contribution < 1.29 is 9.53 Å². The summed E-state index contributed by atoms with van der Waals surface area (Å²) in [4.78, 5) is 20.5. The van der Waals surface area contributed by atoms with Crippen LogP contribution in [-0.2, 0) is 11.3 Å². The standard InChI is InChI=1S/C14H18N4O2/c1-18(2)13-6-7-15-9-12(13)16-8-10-4-5-11(17-10)14(19)20-3/h4-7,9,16-17H,8H2,1-3H3. The molecule has 0 atom stereocenters. The third-order valence-corrected chi connectivity index (χ3v) is 2.90. The van der Waals surface area contributed by atoms with Crippen LogP contribution in [0.4, 0.5) is 11.4 Å². The lowest BCUT2D eigenvalue weighted by Gasteiger charge is -2.17. The first kappa shape index (κ1) is 13.9. The summed E-state index contributed by atoms with van der Waals surface area (Å²) in [6.45, 7) is 0.573. The quantitative estimate of drug-likeness (QED) is 0.815. The van der Waals surface area contributed by atoms with Gasteiger partial charge < -0.3 is 19.9 Å². The average Bonchev–Trinajstić information content (AvgIpc) is 2.93. The number of methoxy groups -OCH3 is 1. The molecule has 0 aliphatic rings. The first-order valence-electron chi connectivity index (χ1n) is 6.23. The molecule has 2 N–H and O–H groups in total. The fraction of sp³-hybridized carbons (Fsp3) is 0.286. The second-order valence-electron chi connectivity index (χ2n) is 4.53. The van der Waals surface area contributed by atoms with Crippen molar-refractivity contribution in [2.75, 3.05) is 31.4 Å². The summed E-state index contributed by atoms with van der Waals surface area (Å²) < 4.78 is 4.66. The molecular weight excluding hydrogens is 256 g/mol. The van der Waals surface area contributed by atoms with Crippen molar-refractivity contribution in [3.8, 4) is 0 Å². The van der Waals surface area contributed by atoms with Gasteiger partial charge in [0, 0.05) is 26.0 Å². The van der Waals surface area contributed by atoms with Gasteiger partial charge in [0.25, 0.3) is 0 Å². The minimum absolute atomic E-state index is 0.369. The van der Waals surface area contributed by atoms with Gasteiger partial charge in [0.1, 0.15) is 5.69 Å². The topological polar surface area (TPSA) is 70.2 Å². The van der Waals surface area contributed by atoms with Crippen molar-refractivity contribution in [2.24, 2.45) is 0 Å². The molecule has 0 unspecified atom stereocenters. The molecular formula is C14H18N4O2. The Morgan fingerprint density at radius 1 is 1.40 bits per heavy atom. The maximum Gasteiger partial charge on any atom is 0.354 e. The van der Waals surface area contributed by atoms with Crippen LogP contribution in [0, 0.1) is 0 Å². The summed E-state index contributed by atoms with van der Waals surface area (Å²) in [6.07, 6.45) is 3.53. The summed E-state index contributed by atoms with van der Waals surface area (Å²) in [5, 5.41) is 3.29. The van der Waals surface area contributed by atoms with Crippen molar-refractivity contribution in [2.45, 2.75) is 6.54 Å². The van der Waals surface area contributed by atoms with Crippen molar-refractivity contribution in [3.05, 3.63) is 42.0 Å². The van der Waals surface area contributed by atoms with Crippen LogP contribution in [0.5, 0.6) is 0 Å². The molecule has 20 heavy (non-hydrogen) atoms. The molecule has 0 aliphatic heterocycles. The van der Waals surface area contributed by atoms with Crippen LogP contribution in [0.25, 0.3) is 0 Å². The molecule has 0 spiro atoms. The smallest absolute Gasteiger partial charge is 0.354 e. The number of rotatable bonds is 5. The number of anilines is 2. The number of aromatic nitrogens is 2. The number of pyridine rings is 1. The third kappa shape index (κ3) is 3.09. The Hall–Kier alpha value is -2.50. The molecule has 6 nitrogen and oxygen atoms in total. The van der Waals surface area contributed by atoms with E-state index in [0.717, 1.165) is 17.1 Å². The van der Waals surface area contributed by atoms with Crippen molar-refractivity contribution in [1.82, 2.24) is 9.97 Å². The lowest BCUT2D eigenvalue weighted by atomic mass is 10.3. The maximum absolute atomic E-state index is 11.4. The number of nitrogens with zero attached hydrogens (tertiary/aromatic N) is 2. The minimum Gasteiger partial charge on any atom is -0.464 e. The number of nitrogens with one attached hydrogen (secondary N) is 2. The van der Waals surface area contributed by atoms with Crippen LogP contribution in [0.3, 0.4) is 0 Å². The van der Waals surface area contributed by atoms with E-state index in [9.17, 15) is 4.79 Å². The Morgan fingerprint density at radius 3 is 2.90 bits per heavy atom. The number of aromatic amines is 1. The Balaban J connectivity index is 2.06. The maximum atomic E-state index is 11.4. The number of carbonyl (C=O) groups is 1. The van der Waals surface area contributed by atoms with Crippen molar-refractivity contribution >= 4 is 17.3 Å². The van der Waals surface area contributed by atoms with Gasteiger partial charge in [-0.25, -0.2) is 4.79 Å². The van der Waals surface area contributed by atoms with Gasteiger partial charge >= 0.3 is 5.97 Å². The van der Waals surface area contributed by atoms with E-state index in [2.05, 4.69) is 20.0 Å².